The zero-order valence-electron chi connectivity index (χ0n) is 40.4. The van der Waals surface area contributed by atoms with Crippen LogP contribution in [0, 0.1) is 0 Å². The molecule has 0 rings (SSSR count). The molecular formula is C56H94O6. The Balaban J connectivity index is 4.44. The maximum Gasteiger partial charge on any atom is 0.306 e. The molecule has 6 nitrogen and oxygen atoms in total. The summed E-state index contributed by atoms with van der Waals surface area (Å²) in [5, 5.41) is 0. The Hall–Kier alpha value is -3.41. The molecular weight excluding hydrogens is 769 g/mol. The summed E-state index contributed by atoms with van der Waals surface area (Å²) in [6, 6.07) is 0. The summed E-state index contributed by atoms with van der Waals surface area (Å²) in [5.74, 6) is -0.935. The van der Waals surface area contributed by atoms with Gasteiger partial charge in [-0.3, -0.25) is 14.4 Å². The highest BCUT2D eigenvalue weighted by atomic mass is 16.6. The van der Waals surface area contributed by atoms with Crippen LogP contribution in [-0.4, -0.2) is 37.2 Å². The highest BCUT2D eigenvalue weighted by Gasteiger charge is 2.19. The van der Waals surface area contributed by atoms with Gasteiger partial charge in [0.15, 0.2) is 6.10 Å². The molecule has 0 aromatic carbocycles. The number of rotatable bonds is 45. The number of hydrogen-bond donors (Lipinski definition) is 0. The summed E-state index contributed by atoms with van der Waals surface area (Å²) in [4.78, 5) is 38.0. The van der Waals surface area contributed by atoms with Crippen molar-refractivity contribution in [2.45, 2.75) is 239 Å². The molecule has 1 atom stereocenters. The van der Waals surface area contributed by atoms with Crippen molar-refractivity contribution in [2.24, 2.45) is 0 Å². The number of ether oxygens (including phenoxy) is 3. The molecule has 0 saturated heterocycles. The van der Waals surface area contributed by atoms with E-state index in [2.05, 4.69) is 106 Å². The molecule has 6 heteroatoms. The van der Waals surface area contributed by atoms with Crippen LogP contribution in [0.1, 0.15) is 233 Å². The highest BCUT2D eigenvalue weighted by molar-refractivity contribution is 5.71. The monoisotopic (exact) mass is 863 g/mol. The molecule has 0 spiro atoms. The minimum absolute atomic E-state index is 0.0932. The second-order valence-corrected chi connectivity index (χ2v) is 16.8. The van der Waals surface area contributed by atoms with Crippen LogP contribution in [0.2, 0.25) is 0 Å². The molecule has 0 aliphatic heterocycles. The smallest absolute Gasteiger partial charge is 0.306 e. The third-order valence-electron chi connectivity index (χ3n) is 10.7. The maximum absolute atomic E-state index is 12.8. The van der Waals surface area contributed by atoms with Crippen molar-refractivity contribution in [3.8, 4) is 0 Å². The van der Waals surface area contributed by atoms with Gasteiger partial charge in [0.05, 0.1) is 0 Å². The van der Waals surface area contributed by atoms with Crippen LogP contribution in [0.15, 0.2) is 85.1 Å². The van der Waals surface area contributed by atoms with E-state index in [0.717, 1.165) is 103 Å². The van der Waals surface area contributed by atoms with Gasteiger partial charge in [-0.25, -0.2) is 0 Å². The van der Waals surface area contributed by atoms with Crippen LogP contribution in [0.25, 0.3) is 0 Å². The van der Waals surface area contributed by atoms with Crippen molar-refractivity contribution >= 4 is 17.9 Å². The second kappa shape index (κ2) is 50.2. The molecule has 62 heavy (non-hydrogen) atoms. The van der Waals surface area contributed by atoms with E-state index in [1.807, 2.05) is 0 Å². The first-order chi connectivity index (χ1) is 30.5. The average Bonchev–Trinajstić information content (AvgIpc) is 3.27. The standard InChI is InChI=1S/C56H94O6/c1-4-7-10-13-16-19-22-25-27-29-31-34-37-40-43-46-49-55(58)61-52-53(51-60-54(57)48-45-42-39-36-33-30-24-21-18-15-12-9-6-3)62-56(59)50-47-44-41-38-35-32-28-26-23-20-17-14-11-8-5-2/h8-9,11-12,14-15,17-18,20-21,23-24,27,29,53H,4-7,10,13,16,19,22,25-26,28,30-52H2,1-3H3/b11-8+,12-9+,17-14+,18-15+,23-20+,24-21+,29-27+. The fourth-order valence-electron chi connectivity index (χ4n) is 6.91. The first-order valence-corrected chi connectivity index (χ1v) is 25.7. The Morgan fingerprint density at radius 3 is 1.02 bits per heavy atom. The Morgan fingerprint density at radius 1 is 0.339 bits per heavy atom. The van der Waals surface area contributed by atoms with Crippen molar-refractivity contribution in [1.29, 1.82) is 0 Å². The van der Waals surface area contributed by atoms with E-state index in [4.69, 9.17) is 14.2 Å². The van der Waals surface area contributed by atoms with E-state index in [9.17, 15) is 14.4 Å². The van der Waals surface area contributed by atoms with E-state index in [1.54, 1.807) is 0 Å². The molecule has 0 aliphatic rings. The molecule has 0 aromatic heterocycles. The van der Waals surface area contributed by atoms with Gasteiger partial charge in [-0.1, -0.05) is 215 Å². The van der Waals surface area contributed by atoms with Crippen molar-refractivity contribution in [2.75, 3.05) is 13.2 Å². The van der Waals surface area contributed by atoms with Crippen LogP contribution in [0.3, 0.4) is 0 Å². The van der Waals surface area contributed by atoms with Crippen LogP contribution in [0.5, 0.6) is 0 Å². The van der Waals surface area contributed by atoms with Gasteiger partial charge in [-0.2, -0.15) is 0 Å². The van der Waals surface area contributed by atoms with Crippen LogP contribution < -0.4 is 0 Å². The summed E-state index contributed by atoms with van der Waals surface area (Å²) < 4.78 is 16.8. The molecule has 0 bridgehead atoms. The summed E-state index contributed by atoms with van der Waals surface area (Å²) in [7, 11) is 0. The number of allylic oxidation sites excluding steroid dienone is 14. The van der Waals surface area contributed by atoms with Crippen molar-refractivity contribution in [3.05, 3.63) is 85.1 Å². The SMILES string of the molecule is CC/C=C/C=C/C=C/CCCCCCCCCC(=O)OC(COC(=O)CCCCCCC/C=C/C=C/C=C/CC)COC(=O)CCCCCCC/C=C/CCCCCCCCC. The molecule has 0 radical (unpaired) electrons. The topological polar surface area (TPSA) is 78.9 Å². The van der Waals surface area contributed by atoms with Crippen LogP contribution in [-0.2, 0) is 28.6 Å². The van der Waals surface area contributed by atoms with E-state index < -0.39 is 6.10 Å². The Bertz CT molecular complexity index is 1220. The number of carbonyl (C=O) groups is 3. The van der Waals surface area contributed by atoms with Gasteiger partial charge in [-0.05, 0) is 83.5 Å². The summed E-state index contributed by atoms with van der Waals surface area (Å²) >= 11 is 0. The summed E-state index contributed by atoms with van der Waals surface area (Å²) in [6.07, 6.45) is 64.2. The van der Waals surface area contributed by atoms with Gasteiger partial charge >= 0.3 is 17.9 Å². The minimum Gasteiger partial charge on any atom is -0.462 e. The molecule has 0 N–H and O–H groups in total. The Morgan fingerprint density at radius 2 is 0.645 bits per heavy atom. The molecule has 0 heterocycles. The molecule has 0 aromatic rings. The Labute approximate surface area is 382 Å². The van der Waals surface area contributed by atoms with Gasteiger partial charge in [0, 0.05) is 19.3 Å². The number of unbranched alkanes of at least 4 members (excludes halogenated alkanes) is 24. The number of hydrogen-bond acceptors (Lipinski definition) is 6. The van der Waals surface area contributed by atoms with Gasteiger partial charge in [0.1, 0.15) is 13.2 Å². The van der Waals surface area contributed by atoms with Gasteiger partial charge in [-0.15, -0.1) is 0 Å². The van der Waals surface area contributed by atoms with E-state index in [1.165, 1.54) is 89.9 Å². The lowest BCUT2D eigenvalue weighted by atomic mass is 10.1. The average molecular weight is 863 g/mol. The first-order valence-electron chi connectivity index (χ1n) is 25.7. The van der Waals surface area contributed by atoms with Crippen LogP contribution in [0.4, 0.5) is 0 Å². The molecule has 0 fully saturated rings. The van der Waals surface area contributed by atoms with Crippen molar-refractivity contribution in [3.63, 3.8) is 0 Å². The zero-order valence-corrected chi connectivity index (χ0v) is 40.4. The highest BCUT2D eigenvalue weighted by Crippen LogP contribution is 2.14. The lowest BCUT2D eigenvalue weighted by Gasteiger charge is -2.18. The summed E-state index contributed by atoms with van der Waals surface area (Å²) in [5.41, 5.74) is 0. The maximum atomic E-state index is 12.8. The molecule has 1 unspecified atom stereocenters. The van der Waals surface area contributed by atoms with Crippen molar-refractivity contribution < 1.29 is 28.6 Å². The van der Waals surface area contributed by atoms with Gasteiger partial charge in [0.25, 0.3) is 0 Å². The predicted molar refractivity (Wildman–Crippen MR) is 265 cm³/mol. The third kappa shape index (κ3) is 47.6. The second-order valence-electron chi connectivity index (χ2n) is 16.8. The molecule has 0 aliphatic carbocycles. The molecule has 0 amide bonds. The first kappa shape index (κ1) is 58.6. The minimum atomic E-state index is -0.794. The molecule has 354 valence electrons. The largest absolute Gasteiger partial charge is 0.462 e. The lowest BCUT2D eigenvalue weighted by Crippen LogP contribution is -2.30. The third-order valence-corrected chi connectivity index (χ3v) is 10.7. The number of carbonyl (C=O) groups excluding carboxylic acids is 3. The Kier molecular flexibility index (Phi) is 47.5. The number of esters is 3. The van der Waals surface area contributed by atoms with Gasteiger partial charge in [0.2, 0.25) is 0 Å². The zero-order chi connectivity index (χ0) is 45.1. The quantitative estimate of drug-likeness (QED) is 0.0199. The van der Waals surface area contributed by atoms with E-state index in [-0.39, 0.29) is 31.1 Å². The summed E-state index contributed by atoms with van der Waals surface area (Å²) in [6.45, 7) is 6.33. The van der Waals surface area contributed by atoms with Crippen molar-refractivity contribution in [1.82, 2.24) is 0 Å². The fraction of sp³-hybridized carbons (Fsp3) is 0.696. The van der Waals surface area contributed by atoms with E-state index in [0.29, 0.717) is 19.3 Å². The predicted octanol–water partition coefficient (Wildman–Crippen LogP) is 16.8. The van der Waals surface area contributed by atoms with Gasteiger partial charge < -0.3 is 14.2 Å². The molecule has 0 saturated carbocycles. The van der Waals surface area contributed by atoms with E-state index >= 15 is 0 Å². The fourth-order valence-corrected chi connectivity index (χ4v) is 6.91. The normalized spacial score (nSPS) is 12.8. The lowest BCUT2D eigenvalue weighted by molar-refractivity contribution is -0.167. The van der Waals surface area contributed by atoms with Crippen LogP contribution >= 0.6 is 0 Å².